The smallest absolute Gasteiger partial charge is 0.462 e. The first-order valence-electron chi connectivity index (χ1n) is 37.3. The van der Waals surface area contributed by atoms with E-state index in [1.807, 2.05) is 0 Å². The van der Waals surface area contributed by atoms with E-state index < -0.39 is 162 Å². The fourth-order valence-corrected chi connectivity index (χ4v) is 12.9. The van der Waals surface area contributed by atoms with Gasteiger partial charge in [-0.1, -0.05) is 228 Å². The van der Waals surface area contributed by atoms with Crippen LogP contribution in [-0.4, -0.2) is 165 Å². The molecule has 8 N–H and O–H groups in total. The van der Waals surface area contributed by atoms with E-state index in [2.05, 4.69) is 38.3 Å². The highest BCUT2D eigenvalue weighted by atomic mass is 31.2. The summed E-state index contributed by atoms with van der Waals surface area (Å²) in [7, 11) is -5.54. The molecule has 24 heteroatoms. The summed E-state index contributed by atoms with van der Waals surface area (Å²) in [4.78, 5) is 103. The van der Waals surface area contributed by atoms with Crippen LogP contribution >= 0.6 is 7.82 Å². The zero-order valence-electron chi connectivity index (χ0n) is 59.4. The lowest BCUT2D eigenvalue weighted by Gasteiger charge is -2.47. The summed E-state index contributed by atoms with van der Waals surface area (Å²) in [6.07, 6.45) is 14.7. The molecule has 0 bridgehead atoms. The van der Waals surface area contributed by atoms with Crippen molar-refractivity contribution in [2.75, 3.05) is 13.2 Å². The van der Waals surface area contributed by atoms with Gasteiger partial charge in [0.25, 0.3) is 0 Å². The Kier molecular flexibility index (Phi) is 49.4. The molecule has 2 saturated heterocycles. The van der Waals surface area contributed by atoms with Crippen LogP contribution in [0.4, 0.5) is 0 Å². The number of carbonyl (C=O) groups is 6. The molecule has 0 aromatic heterocycles. The van der Waals surface area contributed by atoms with E-state index in [1.54, 1.807) is 20.8 Å². The van der Waals surface area contributed by atoms with Crippen LogP contribution in [-0.2, 0) is 71.0 Å². The molecular formula is C71H131N2O21P. The van der Waals surface area contributed by atoms with Crippen molar-refractivity contribution in [1.29, 1.82) is 0 Å². The molecule has 0 aromatic rings. The van der Waals surface area contributed by atoms with Crippen LogP contribution in [0.2, 0.25) is 0 Å². The third kappa shape index (κ3) is 40.5. The maximum Gasteiger partial charge on any atom is 0.470 e. The van der Waals surface area contributed by atoms with Gasteiger partial charge in [-0.15, -0.1) is 0 Å². The van der Waals surface area contributed by atoms with Crippen molar-refractivity contribution in [3.05, 3.63) is 0 Å². The Morgan fingerprint density at radius 3 is 1.37 bits per heavy atom. The fraction of sp³-hybridized carbons (Fsp3) is 0.915. The molecule has 23 nitrogen and oxygen atoms in total. The third-order valence-electron chi connectivity index (χ3n) is 18.1. The predicted octanol–water partition coefficient (Wildman–Crippen LogP) is 12.2. The molecule has 0 aromatic carbocycles. The second-order valence-corrected chi connectivity index (χ2v) is 27.9. The SMILES string of the molecule is CCCCCCCCCCC[C@@H](O)CC(=O)NC1C(C)OC(CO[C@@H]2OC(CO)[C@@H](OP(=O)(O)O)[C@H](OC(=O)C[C@@H](CC)OC(=O)CCCCCCCCC)C2NC(=O)C[C@@H](CCCCCCCCCCC)OC(=O)CCCCCCCCC)[C@@H](O)[C@@H]1OC(=O)C[C@H](O)CC. The Labute approximate surface area is 570 Å². The second-order valence-electron chi connectivity index (χ2n) is 26.7. The Balaban J connectivity index is 2.59. The van der Waals surface area contributed by atoms with Gasteiger partial charge in [-0.25, -0.2) is 4.57 Å². The second kappa shape index (κ2) is 53.5. The van der Waals surface area contributed by atoms with Gasteiger partial charge in [0.05, 0.1) is 63.3 Å². The topological polar surface area (TPSA) is 339 Å². The Morgan fingerprint density at radius 1 is 0.463 bits per heavy atom. The van der Waals surface area contributed by atoms with Crippen molar-refractivity contribution in [2.24, 2.45) is 0 Å². The van der Waals surface area contributed by atoms with Crippen LogP contribution in [0.25, 0.3) is 0 Å². The van der Waals surface area contributed by atoms with E-state index in [0.29, 0.717) is 38.5 Å². The van der Waals surface area contributed by atoms with E-state index >= 15 is 0 Å². The van der Waals surface area contributed by atoms with Crippen molar-refractivity contribution < 1.29 is 101 Å². The Hall–Kier alpha value is -3.35. The molecule has 0 saturated carbocycles. The monoisotopic (exact) mass is 1380 g/mol. The molecule has 2 fully saturated rings. The molecule has 2 aliphatic heterocycles. The number of carbonyl (C=O) groups excluding carboxylic acids is 6. The van der Waals surface area contributed by atoms with Crippen molar-refractivity contribution in [2.45, 2.75) is 404 Å². The Morgan fingerprint density at radius 2 is 0.895 bits per heavy atom. The normalized spacial score (nSPS) is 22.7. The molecule has 2 aliphatic rings. The van der Waals surface area contributed by atoms with Gasteiger partial charge < -0.3 is 74.0 Å². The molecule has 14 atom stereocenters. The van der Waals surface area contributed by atoms with Gasteiger partial charge in [0.1, 0.15) is 42.7 Å². The summed E-state index contributed by atoms with van der Waals surface area (Å²) in [5.74, 6) is -4.36. The van der Waals surface area contributed by atoms with Crippen LogP contribution in [0, 0.1) is 0 Å². The van der Waals surface area contributed by atoms with Crippen molar-refractivity contribution in [3.63, 3.8) is 0 Å². The summed E-state index contributed by atoms with van der Waals surface area (Å²) in [5.41, 5.74) is 0. The summed E-state index contributed by atoms with van der Waals surface area (Å²) < 4.78 is 60.5. The van der Waals surface area contributed by atoms with Crippen LogP contribution < -0.4 is 10.6 Å². The number of hydrogen-bond donors (Lipinski definition) is 8. The van der Waals surface area contributed by atoms with Crippen molar-refractivity contribution in [3.8, 4) is 0 Å². The molecule has 95 heavy (non-hydrogen) atoms. The molecule has 0 aliphatic carbocycles. The first-order valence-corrected chi connectivity index (χ1v) is 38.8. The molecule has 2 amide bonds. The minimum Gasteiger partial charge on any atom is -0.462 e. The number of aliphatic hydroxyl groups is 4. The quantitative estimate of drug-likeness (QED) is 0.0121. The van der Waals surface area contributed by atoms with Gasteiger partial charge in [-0.05, 0) is 51.9 Å². The standard InChI is InChI=1S/C71H131N2O21P/c1-8-14-18-22-26-28-32-34-38-42-54(76)46-59(77)72-65-52(7)88-58(67(83)69(65)92-63(81)47-53(75)12-5)51-87-71-66(73-60(78)48-56(43-39-35-33-29-27-23-19-15-9-2)90-62(80)45-41-37-31-25-21-17-11-4)70(68(57(50-74)91-71)94-95(84,85)86)93-64(82)49-55(13-6)89-61(79)44-40-36-30-24-20-16-10-3/h52-58,65-71,74-76,83H,8-51H2,1-7H3,(H,72,77)(H,73,78)(H2,84,85,86)/t52?,53-,54-,55-,56-,57?,58?,65?,66?,67-,68-,69-,70-,71-/m1/s1. The van der Waals surface area contributed by atoms with E-state index in [1.165, 1.54) is 38.5 Å². The summed E-state index contributed by atoms with van der Waals surface area (Å²) in [5, 5.41) is 49.9. The summed E-state index contributed by atoms with van der Waals surface area (Å²) >= 11 is 0. The number of esters is 4. The van der Waals surface area contributed by atoms with Crippen molar-refractivity contribution in [1.82, 2.24) is 10.6 Å². The van der Waals surface area contributed by atoms with Gasteiger partial charge in [0.2, 0.25) is 11.8 Å². The van der Waals surface area contributed by atoms with Gasteiger partial charge >= 0.3 is 31.7 Å². The van der Waals surface area contributed by atoms with E-state index in [-0.39, 0.29) is 32.1 Å². The maximum atomic E-state index is 14.7. The zero-order valence-corrected chi connectivity index (χ0v) is 60.3. The first-order chi connectivity index (χ1) is 45.6. The maximum absolute atomic E-state index is 14.7. The number of ether oxygens (including phenoxy) is 7. The van der Waals surface area contributed by atoms with Gasteiger partial charge in [0.15, 0.2) is 18.5 Å². The largest absolute Gasteiger partial charge is 0.470 e. The number of hydrogen-bond acceptors (Lipinski definition) is 19. The average molecular weight is 1380 g/mol. The van der Waals surface area contributed by atoms with Crippen LogP contribution in [0.3, 0.4) is 0 Å². The lowest BCUT2D eigenvalue weighted by Crippen LogP contribution is -2.67. The highest BCUT2D eigenvalue weighted by Gasteiger charge is 2.54. The van der Waals surface area contributed by atoms with Crippen LogP contribution in [0.5, 0.6) is 0 Å². The van der Waals surface area contributed by atoms with Gasteiger partial charge in [-0.3, -0.25) is 33.3 Å². The van der Waals surface area contributed by atoms with E-state index in [0.717, 1.165) is 141 Å². The lowest BCUT2D eigenvalue weighted by atomic mass is 9.92. The fourth-order valence-electron chi connectivity index (χ4n) is 12.3. The highest BCUT2D eigenvalue weighted by molar-refractivity contribution is 7.46. The van der Waals surface area contributed by atoms with Crippen LogP contribution in [0.1, 0.15) is 318 Å². The molecule has 0 spiro atoms. The number of unbranched alkanes of at least 4 members (excludes halogenated alkanes) is 28. The number of amides is 2. The minimum absolute atomic E-state index is 0.111. The molecule has 0 radical (unpaired) electrons. The third-order valence-corrected chi connectivity index (χ3v) is 18.6. The molecule has 5 unspecified atom stereocenters. The lowest BCUT2D eigenvalue weighted by molar-refractivity contribution is -0.285. The first kappa shape index (κ1) is 87.7. The predicted molar refractivity (Wildman–Crippen MR) is 362 cm³/mol. The number of nitrogens with one attached hydrogen (secondary N) is 2. The molecular weight excluding hydrogens is 1250 g/mol. The minimum atomic E-state index is -5.54. The van der Waals surface area contributed by atoms with Gasteiger partial charge in [0, 0.05) is 12.8 Å². The Bertz CT molecular complexity index is 2090. The molecule has 556 valence electrons. The highest BCUT2D eigenvalue weighted by Crippen LogP contribution is 2.43. The van der Waals surface area contributed by atoms with Gasteiger partial charge in [-0.2, -0.15) is 0 Å². The van der Waals surface area contributed by atoms with Crippen molar-refractivity contribution >= 4 is 43.5 Å². The van der Waals surface area contributed by atoms with E-state index in [4.69, 9.17) is 37.7 Å². The molecule has 2 heterocycles. The number of rotatable bonds is 58. The van der Waals surface area contributed by atoms with Crippen LogP contribution in [0.15, 0.2) is 0 Å². The molecule has 2 rings (SSSR count). The zero-order chi connectivity index (χ0) is 70.2. The number of phosphoric acid groups is 1. The average Bonchev–Trinajstić information content (AvgIpc) is 0.792. The summed E-state index contributed by atoms with van der Waals surface area (Å²) in [6.45, 7) is 11.9. The number of phosphoric ester groups is 1. The van der Waals surface area contributed by atoms with E-state index in [9.17, 15) is 63.5 Å². The summed E-state index contributed by atoms with van der Waals surface area (Å²) in [6, 6.07) is -2.94. The number of aliphatic hydroxyl groups excluding tert-OH is 4.